The van der Waals surface area contributed by atoms with Crippen molar-refractivity contribution in [3.63, 3.8) is 0 Å². The second-order valence-corrected chi connectivity index (χ2v) is 4.85. The first kappa shape index (κ1) is 17.6. The van der Waals surface area contributed by atoms with Crippen LogP contribution in [0.1, 0.15) is 6.92 Å². The summed E-state index contributed by atoms with van der Waals surface area (Å²) >= 11 is 0. The Hall–Kier alpha value is -2.47. The second-order valence-electron chi connectivity index (χ2n) is 4.85. The van der Waals surface area contributed by atoms with Crippen LogP contribution in [-0.2, 0) is 4.79 Å². The van der Waals surface area contributed by atoms with Gasteiger partial charge in [0.15, 0.2) is 0 Å². The molecule has 0 aliphatic heterocycles. The highest BCUT2D eigenvalue weighted by Gasteiger charge is 2.06. The van der Waals surface area contributed by atoms with Crippen molar-refractivity contribution in [3.05, 3.63) is 42.6 Å². The lowest BCUT2D eigenvalue weighted by Crippen LogP contribution is -2.72. The van der Waals surface area contributed by atoms with E-state index in [1.807, 2.05) is 74.0 Å². The van der Waals surface area contributed by atoms with E-state index in [0.717, 1.165) is 5.69 Å². The number of azo groups is 1. The summed E-state index contributed by atoms with van der Waals surface area (Å²) in [5, 5.41) is 13.0. The van der Waals surface area contributed by atoms with Gasteiger partial charge in [-0.05, 0) is 24.3 Å². The zero-order chi connectivity index (χ0) is 16.4. The van der Waals surface area contributed by atoms with E-state index in [2.05, 4.69) is 15.5 Å². The normalized spacial score (nSPS) is 11.6. The first-order chi connectivity index (χ1) is 10.5. The quantitative estimate of drug-likeness (QED) is 0.597. The van der Waals surface area contributed by atoms with Crippen LogP contribution in [0.4, 0.5) is 17.1 Å². The number of rotatable bonds is 7. The van der Waals surface area contributed by atoms with E-state index in [1.54, 1.807) is 0 Å². The molecule has 6 nitrogen and oxygen atoms in total. The number of carbonyl (C=O) groups is 1. The fourth-order valence-corrected chi connectivity index (χ4v) is 1.66. The number of nitrogens with zero attached hydrogens (tertiary/aromatic N) is 3. The van der Waals surface area contributed by atoms with Crippen LogP contribution in [0.5, 0.6) is 0 Å². The van der Waals surface area contributed by atoms with Gasteiger partial charge in [0.25, 0.3) is 0 Å². The minimum Gasteiger partial charge on any atom is -0.378 e. The van der Waals surface area contributed by atoms with Crippen molar-refractivity contribution in [1.82, 2.24) is 0 Å². The van der Waals surface area contributed by atoms with Gasteiger partial charge in [0.2, 0.25) is 5.91 Å². The SMILES string of the molecule is C[NH2+]/C=C\C=C/CN=Nc1ccc(N(C)C)cc1NC(C)=O. The number of carbonyl (C=O) groups excluding carboxylic acids is 1. The van der Waals surface area contributed by atoms with Gasteiger partial charge in [-0.2, -0.15) is 10.2 Å². The maximum Gasteiger partial charge on any atom is 0.221 e. The van der Waals surface area contributed by atoms with Gasteiger partial charge in [-0.1, -0.05) is 12.2 Å². The Balaban J connectivity index is 2.81. The molecule has 6 heteroatoms. The molecule has 0 saturated carbocycles. The molecule has 0 unspecified atom stereocenters. The summed E-state index contributed by atoms with van der Waals surface area (Å²) in [5.41, 5.74) is 2.29. The smallest absolute Gasteiger partial charge is 0.221 e. The number of anilines is 2. The number of hydrogen-bond donors (Lipinski definition) is 2. The van der Waals surface area contributed by atoms with Crippen molar-refractivity contribution in [2.45, 2.75) is 6.92 Å². The lowest BCUT2D eigenvalue weighted by Gasteiger charge is -2.15. The summed E-state index contributed by atoms with van der Waals surface area (Å²) in [6, 6.07) is 5.67. The molecule has 0 aromatic heterocycles. The minimum atomic E-state index is -0.131. The summed E-state index contributed by atoms with van der Waals surface area (Å²) < 4.78 is 0. The van der Waals surface area contributed by atoms with Gasteiger partial charge < -0.3 is 15.5 Å². The molecule has 1 aromatic rings. The van der Waals surface area contributed by atoms with E-state index < -0.39 is 0 Å². The highest BCUT2D eigenvalue weighted by atomic mass is 16.1. The Morgan fingerprint density at radius 2 is 2.14 bits per heavy atom. The first-order valence-corrected chi connectivity index (χ1v) is 7.12. The van der Waals surface area contributed by atoms with Gasteiger partial charge in [0.1, 0.15) is 5.69 Å². The fourth-order valence-electron chi connectivity index (χ4n) is 1.66. The van der Waals surface area contributed by atoms with Gasteiger partial charge in [-0.15, -0.1) is 0 Å². The average Bonchev–Trinajstić information content (AvgIpc) is 2.46. The van der Waals surface area contributed by atoms with E-state index in [1.165, 1.54) is 6.92 Å². The maximum absolute atomic E-state index is 11.3. The van der Waals surface area contributed by atoms with Crippen LogP contribution in [0.15, 0.2) is 52.9 Å². The number of allylic oxidation sites excluding steroid dienone is 2. The number of benzene rings is 1. The summed E-state index contributed by atoms with van der Waals surface area (Å²) in [7, 11) is 5.85. The zero-order valence-corrected chi connectivity index (χ0v) is 13.6. The molecule has 0 saturated heterocycles. The number of nitrogens with one attached hydrogen (secondary N) is 1. The van der Waals surface area contributed by atoms with E-state index in [9.17, 15) is 4.79 Å². The summed E-state index contributed by atoms with van der Waals surface area (Å²) in [6.45, 7) is 1.96. The Kier molecular flexibility index (Phi) is 7.56. The predicted octanol–water partition coefficient (Wildman–Crippen LogP) is 2.06. The van der Waals surface area contributed by atoms with E-state index >= 15 is 0 Å². The predicted molar refractivity (Wildman–Crippen MR) is 90.6 cm³/mol. The van der Waals surface area contributed by atoms with Crippen LogP contribution >= 0.6 is 0 Å². The van der Waals surface area contributed by atoms with Gasteiger partial charge in [0.05, 0.1) is 25.5 Å². The Bertz CT molecular complexity index is 576. The molecule has 1 rings (SSSR count). The Morgan fingerprint density at radius 1 is 1.36 bits per heavy atom. The number of quaternary nitrogens is 1. The molecule has 0 atom stereocenters. The number of hydrogen-bond acceptors (Lipinski definition) is 4. The van der Waals surface area contributed by atoms with Crippen molar-refractivity contribution in [2.24, 2.45) is 10.2 Å². The van der Waals surface area contributed by atoms with Gasteiger partial charge in [-0.3, -0.25) is 4.79 Å². The topological polar surface area (TPSA) is 73.7 Å². The molecule has 1 aromatic carbocycles. The van der Waals surface area contributed by atoms with E-state index in [-0.39, 0.29) is 5.91 Å². The number of amides is 1. The lowest BCUT2D eigenvalue weighted by molar-refractivity contribution is -0.556. The van der Waals surface area contributed by atoms with Crippen molar-refractivity contribution >= 4 is 23.0 Å². The highest BCUT2D eigenvalue weighted by Crippen LogP contribution is 2.29. The van der Waals surface area contributed by atoms with Crippen LogP contribution in [0.25, 0.3) is 0 Å². The van der Waals surface area contributed by atoms with Crippen molar-refractivity contribution in [3.8, 4) is 0 Å². The highest BCUT2D eigenvalue weighted by molar-refractivity contribution is 5.92. The average molecular weight is 302 g/mol. The third-order valence-electron chi connectivity index (χ3n) is 2.72. The third-order valence-corrected chi connectivity index (χ3v) is 2.72. The lowest BCUT2D eigenvalue weighted by atomic mass is 10.2. The monoisotopic (exact) mass is 302 g/mol. The van der Waals surface area contributed by atoms with E-state index in [0.29, 0.717) is 17.9 Å². The second kappa shape index (κ2) is 9.46. The van der Waals surface area contributed by atoms with Crippen molar-refractivity contribution in [2.75, 3.05) is 37.9 Å². The summed E-state index contributed by atoms with van der Waals surface area (Å²) in [6.07, 6.45) is 7.71. The van der Waals surface area contributed by atoms with Gasteiger partial charge in [-0.25, -0.2) is 0 Å². The molecule has 0 aliphatic rings. The largest absolute Gasteiger partial charge is 0.378 e. The molecule has 0 aliphatic carbocycles. The molecular formula is C16H24N5O+. The molecule has 1 amide bonds. The van der Waals surface area contributed by atoms with Crippen molar-refractivity contribution in [1.29, 1.82) is 0 Å². The maximum atomic E-state index is 11.3. The molecular weight excluding hydrogens is 278 g/mol. The van der Waals surface area contributed by atoms with Crippen LogP contribution in [0.2, 0.25) is 0 Å². The summed E-state index contributed by atoms with van der Waals surface area (Å²) in [5.74, 6) is -0.131. The molecule has 3 N–H and O–H groups in total. The standard InChI is InChI=1S/C16H23N5O/c1-13(22)19-16-12-14(21(3)4)8-9-15(16)20-18-11-7-5-6-10-17-2/h5-10,12,17H,11H2,1-4H3,(H,19,22)/p+1/b7-5-,10-6-,20-18?. The molecule has 118 valence electrons. The summed E-state index contributed by atoms with van der Waals surface area (Å²) in [4.78, 5) is 13.3. The first-order valence-electron chi connectivity index (χ1n) is 7.12. The molecule has 0 heterocycles. The fraction of sp³-hybridized carbons (Fsp3) is 0.312. The van der Waals surface area contributed by atoms with Crippen LogP contribution in [0.3, 0.4) is 0 Å². The zero-order valence-electron chi connectivity index (χ0n) is 13.6. The molecule has 0 radical (unpaired) electrons. The van der Waals surface area contributed by atoms with Crippen molar-refractivity contribution < 1.29 is 10.1 Å². The number of nitrogens with two attached hydrogens (primary N) is 1. The Morgan fingerprint density at radius 3 is 2.77 bits per heavy atom. The van der Waals surface area contributed by atoms with Crippen LogP contribution in [0, 0.1) is 0 Å². The molecule has 0 spiro atoms. The molecule has 22 heavy (non-hydrogen) atoms. The minimum absolute atomic E-state index is 0.131. The molecule has 0 bridgehead atoms. The van der Waals surface area contributed by atoms with Gasteiger partial charge in [0, 0.05) is 26.7 Å². The van der Waals surface area contributed by atoms with Crippen LogP contribution < -0.4 is 15.5 Å². The third kappa shape index (κ3) is 6.32. The van der Waals surface area contributed by atoms with E-state index in [4.69, 9.17) is 0 Å². The molecule has 0 fully saturated rings. The Labute approximate surface area is 131 Å². The van der Waals surface area contributed by atoms with Crippen LogP contribution in [-0.4, -0.2) is 33.6 Å². The van der Waals surface area contributed by atoms with Gasteiger partial charge >= 0.3 is 0 Å².